The lowest BCUT2D eigenvalue weighted by molar-refractivity contribution is -0.143. The molecule has 0 aliphatic rings. The number of aromatic hydroxyl groups is 1. The first kappa shape index (κ1) is 112. The smallest absolute Gasteiger partial charge is 0.326 e. The summed E-state index contributed by atoms with van der Waals surface area (Å²) < 4.78 is 0. The molecule has 35 N–H and O–H groups in total. The third-order valence-electron chi connectivity index (χ3n) is 19.8. The van der Waals surface area contributed by atoms with Gasteiger partial charge in [0.25, 0.3) is 0 Å². The third kappa shape index (κ3) is 43.5. The Balaban J connectivity index is 3.71. The summed E-state index contributed by atoms with van der Waals surface area (Å²) in [6.07, 6.45) is 0.947. The predicted octanol–water partition coefficient (Wildman–Crippen LogP) is -6.36. The highest BCUT2D eigenvalue weighted by Gasteiger charge is 2.41. The van der Waals surface area contributed by atoms with Crippen LogP contribution >= 0.6 is 11.8 Å². The van der Waals surface area contributed by atoms with Gasteiger partial charge in [0.15, 0.2) is 17.9 Å². The molecule has 0 saturated carbocycles. The number of thioether (sulfide) groups is 1. The van der Waals surface area contributed by atoms with E-state index in [0.717, 1.165) is 6.92 Å². The van der Waals surface area contributed by atoms with Crippen molar-refractivity contribution in [2.75, 3.05) is 51.4 Å². The van der Waals surface area contributed by atoms with Crippen LogP contribution in [0.3, 0.4) is 0 Å². The average molecular weight is 1790 g/mol. The van der Waals surface area contributed by atoms with Crippen LogP contribution in [-0.2, 0) is 78.3 Å². The third-order valence-corrected chi connectivity index (χ3v) is 20.5. The standard InChI is InChI=1S/C79H141N25O20S/c1-14-43(10)60(74(121)100-56(37-105)70(117)98-55(36-46-24-26-47(108)27-25-46)68(115)97-53(34-39(2)3)67(114)93-50(22-18-31-89-78(84)85)66(113)101-59(42(8)9)73(120)95-52(76(123)124)23-19-32-90-79(86)87)103-75(122)61(45(12)107)104-69(116)54(35-40(4)5)96-64(111)49(21-17-30-88-77(82)83)92-65(112)51(28-33-125-13)94-72(119)58(41(6)7)102-71(118)57(38-106)99-62(109)44(11)91-63(110)48(81)20-15-16-29-80/h24-27,39-45,48-61,105-108H,14-23,28-38,80-81H2,1-13H3,(H,91,110)(H,92,112)(H,93,114)(H,94,119)(H,95,120)(H,96,111)(H,97,115)(H,98,117)(H,99,109)(H,100,121)(H,101,113)(H,102,118)(H,103,122)(H,104,116)(H,123,124)(H4,82,83,88)(H4,84,85,89)(H4,86,87,90)/t43-,44-,45+,48-,49-,50-,51-,52-,53-,54-,55-,56-,57-,58-,59-,60-,61-/m0/s1. The number of carbonyl (C=O) groups is 15. The summed E-state index contributed by atoms with van der Waals surface area (Å²) >= 11 is 1.30. The summed E-state index contributed by atoms with van der Waals surface area (Å²) in [5.41, 5.74) is 28.2. The molecule has 0 aliphatic carbocycles. The average Bonchev–Trinajstić information content (AvgIpc) is 0.835. The summed E-state index contributed by atoms with van der Waals surface area (Å²) in [4.78, 5) is 211. The van der Waals surface area contributed by atoms with E-state index in [1.165, 1.54) is 49.9 Å². The number of nitrogens with one attached hydrogen (secondary N) is 20. The van der Waals surface area contributed by atoms with Gasteiger partial charge in [-0.2, -0.15) is 11.8 Å². The number of aliphatic hydroxyl groups is 3. The second-order valence-electron chi connectivity index (χ2n) is 32.3. The van der Waals surface area contributed by atoms with Crippen LogP contribution in [0.5, 0.6) is 5.75 Å². The summed E-state index contributed by atoms with van der Waals surface area (Å²) in [5.74, 6) is -18.7. The van der Waals surface area contributed by atoms with Gasteiger partial charge in [-0.25, -0.2) is 4.79 Å². The molecule has 125 heavy (non-hydrogen) atoms. The molecular formula is C79H141N25O20S. The first-order chi connectivity index (χ1) is 58.7. The maximum Gasteiger partial charge on any atom is 0.326 e. The molecule has 14 amide bonds. The number of guanidine groups is 3. The van der Waals surface area contributed by atoms with E-state index in [1.54, 1.807) is 68.6 Å². The van der Waals surface area contributed by atoms with Crippen molar-refractivity contribution < 1.29 is 97.5 Å². The number of hydrogen-bond donors (Lipinski definition) is 30. The first-order valence-corrected chi connectivity index (χ1v) is 43.4. The van der Waals surface area contributed by atoms with Gasteiger partial charge < -0.3 is 145 Å². The van der Waals surface area contributed by atoms with Crippen molar-refractivity contribution in [2.45, 2.75) is 270 Å². The first-order valence-electron chi connectivity index (χ1n) is 42.0. The van der Waals surface area contributed by atoms with Gasteiger partial charge in [-0.3, -0.25) is 83.4 Å². The lowest BCUT2D eigenvalue weighted by Gasteiger charge is -2.31. The van der Waals surface area contributed by atoms with E-state index in [-0.39, 0.29) is 120 Å². The molecule has 1 rings (SSSR count). The van der Waals surface area contributed by atoms with Crippen LogP contribution < -0.4 is 119 Å². The largest absolute Gasteiger partial charge is 0.508 e. The Morgan fingerprint density at radius 2 is 0.736 bits per heavy atom. The zero-order chi connectivity index (χ0) is 95.1. The highest BCUT2D eigenvalue weighted by Crippen LogP contribution is 2.18. The van der Waals surface area contributed by atoms with Gasteiger partial charge >= 0.3 is 5.97 Å². The maximum absolute atomic E-state index is 14.8. The number of phenolic OH excluding ortho intramolecular Hbond substituents is 1. The van der Waals surface area contributed by atoms with Gasteiger partial charge in [0, 0.05) is 26.1 Å². The Morgan fingerprint density at radius 3 is 1.14 bits per heavy atom. The van der Waals surface area contributed by atoms with Gasteiger partial charge in [-0.15, -0.1) is 0 Å². The fourth-order valence-electron chi connectivity index (χ4n) is 12.4. The number of nitrogens with two attached hydrogens (primary N) is 5. The van der Waals surface area contributed by atoms with Crippen molar-refractivity contribution in [3.05, 3.63) is 29.8 Å². The topological polar surface area (TPSA) is 763 Å². The molecule has 708 valence electrons. The molecule has 0 saturated heterocycles. The Morgan fingerprint density at radius 1 is 0.400 bits per heavy atom. The quantitative estimate of drug-likeness (QED) is 0.0164. The molecule has 17 atom stereocenters. The van der Waals surface area contributed by atoms with E-state index in [0.29, 0.717) is 31.4 Å². The molecule has 0 bridgehead atoms. The van der Waals surface area contributed by atoms with Crippen LogP contribution in [0.2, 0.25) is 0 Å². The fraction of sp³-hybridized carbons (Fsp3) is 0.696. The molecule has 1 aromatic carbocycles. The number of rotatable bonds is 61. The molecular weight excluding hydrogens is 1650 g/mol. The summed E-state index contributed by atoms with van der Waals surface area (Å²) in [5, 5.41) is 118. The summed E-state index contributed by atoms with van der Waals surface area (Å²) in [6, 6.07) is -16.9. The number of hydrogen-bond acceptors (Lipinski definition) is 25. The number of benzene rings is 1. The van der Waals surface area contributed by atoms with E-state index in [9.17, 15) is 97.5 Å². The molecule has 0 spiro atoms. The van der Waals surface area contributed by atoms with Gasteiger partial charge in [-0.05, 0) is 150 Å². The predicted molar refractivity (Wildman–Crippen MR) is 467 cm³/mol. The molecule has 1 aromatic rings. The van der Waals surface area contributed by atoms with Crippen molar-refractivity contribution >= 4 is 118 Å². The monoisotopic (exact) mass is 1790 g/mol. The second kappa shape index (κ2) is 59.0. The molecule has 0 fully saturated rings. The number of aliphatic carboxylic acids is 1. The number of aliphatic hydroxyl groups excluding tert-OH is 3. The van der Waals surface area contributed by atoms with Gasteiger partial charge in [0.2, 0.25) is 82.7 Å². The molecule has 0 unspecified atom stereocenters. The molecule has 0 heterocycles. The van der Waals surface area contributed by atoms with Crippen LogP contribution in [-0.4, -0.2) is 280 Å². The molecule has 0 aliphatic heterocycles. The Kier molecular flexibility index (Phi) is 52.9. The highest BCUT2D eigenvalue weighted by molar-refractivity contribution is 7.98. The number of unbranched alkanes of at least 4 members (excludes halogenated alkanes) is 1. The number of phenols is 1. The van der Waals surface area contributed by atoms with Gasteiger partial charge in [0.1, 0.15) is 90.3 Å². The van der Waals surface area contributed by atoms with E-state index in [1.807, 2.05) is 0 Å². The van der Waals surface area contributed by atoms with Crippen molar-refractivity contribution in [1.82, 2.24) is 90.4 Å². The lowest BCUT2D eigenvalue weighted by atomic mass is 9.96. The number of amides is 14. The summed E-state index contributed by atoms with van der Waals surface area (Å²) in [7, 11) is 0. The Bertz CT molecular complexity index is 3700. The number of carboxylic acids is 1. The van der Waals surface area contributed by atoms with Gasteiger partial charge in [-0.1, -0.05) is 94.2 Å². The van der Waals surface area contributed by atoms with E-state index in [2.05, 4.69) is 90.4 Å². The zero-order valence-electron chi connectivity index (χ0n) is 73.9. The SMILES string of the molecule is CC[C@H](C)[C@H](NC(=O)[C@@H](NC(=O)[C@H](CC(C)C)NC(=O)[C@H](CCCNC(=N)N)NC(=O)[C@H](CCSC)NC(=O)[C@@H](NC(=O)[C@H](CO)NC(=O)[C@H](C)NC(=O)[C@@H](N)CCCCN)C(C)C)[C@@H](C)O)C(=O)N[C@@H](CO)C(=O)N[C@@H](Cc1ccc(O)cc1)C(=O)N[C@@H](CC(C)C)C(=O)N[C@@H](CCCNC(=N)N)C(=O)N[C@H](C(=O)N[C@@H](CCCNC(=N)N)C(=O)O)C(C)C. The van der Waals surface area contributed by atoms with Crippen molar-refractivity contribution in [3.8, 4) is 5.75 Å². The highest BCUT2D eigenvalue weighted by atomic mass is 32.2. The maximum atomic E-state index is 14.8. The molecule has 46 heteroatoms. The minimum Gasteiger partial charge on any atom is -0.508 e. The van der Waals surface area contributed by atoms with Crippen LogP contribution in [0.1, 0.15) is 172 Å². The number of carboxylic acid groups (broad SMARTS) is 1. The van der Waals surface area contributed by atoms with Crippen molar-refractivity contribution in [2.24, 2.45) is 58.3 Å². The van der Waals surface area contributed by atoms with Crippen LogP contribution in [0.15, 0.2) is 24.3 Å². The van der Waals surface area contributed by atoms with Crippen LogP contribution in [0, 0.1) is 45.8 Å². The second-order valence-corrected chi connectivity index (χ2v) is 33.3. The minimum atomic E-state index is -1.89. The normalized spacial score (nSPS) is 15.3. The molecule has 45 nitrogen and oxygen atoms in total. The minimum absolute atomic E-state index is 0.0137. The lowest BCUT2D eigenvalue weighted by Crippen LogP contribution is -2.63. The van der Waals surface area contributed by atoms with Gasteiger partial charge in [0.05, 0.1) is 25.4 Å². The molecule has 0 aromatic heterocycles. The van der Waals surface area contributed by atoms with Crippen molar-refractivity contribution in [1.29, 1.82) is 16.2 Å². The fourth-order valence-corrected chi connectivity index (χ4v) is 12.9. The van der Waals surface area contributed by atoms with E-state index in [4.69, 9.17) is 44.9 Å². The van der Waals surface area contributed by atoms with Crippen molar-refractivity contribution in [3.63, 3.8) is 0 Å². The van der Waals surface area contributed by atoms with E-state index >= 15 is 0 Å². The van der Waals surface area contributed by atoms with E-state index < -0.39 is 228 Å². The van der Waals surface area contributed by atoms with Crippen LogP contribution in [0.4, 0.5) is 0 Å². The number of carbonyl (C=O) groups excluding carboxylic acids is 14. The zero-order valence-corrected chi connectivity index (χ0v) is 74.8. The molecule has 0 radical (unpaired) electrons. The Labute approximate surface area is 734 Å². The van der Waals surface area contributed by atoms with Crippen LogP contribution in [0.25, 0.3) is 0 Å². The Hall–Kier alpha value is -11.0. The summed E-state index contributed by atoms with van der Waals surface area (Å²) in [6.45, 7) is 17.3.